The third kappa shape index (κ3) is 3.29. The summed E-state index contributed by atoms with van der Waals surface area (Å²) in [5.74, 6) is 1.27. The van der Waals surface area contributed by atoms with Gasteiger partial charge in [0.2, 0.25) is 0 Å². The molecule has 0 aliphatic carbocycles. The molecule has 2 aliphatic rings. The van der Waals surface area contributed by atoms with Crippen LogP contribution in [-0.2, 0) is 0 Å². The van der Waals surface area contributed by atoms with E-state index in [0.717, 1.165) is 44.8 Å². The van der Waals surface area contributed by atoms with Gasteiger partial charge in [0.05, 0.1) is 0 Å². The fraction of sp³-hybridized carbons (Fsp3) is 0.923. The number of piperidine rings is 1. The zero-order chi connectivity index (χ0) is 12.4. The molecule has 2 unspecified atom stereocenters. The first-order chi connectivity index (χ1) is 8.11. The van der Waals surface area contributed by atoms with Crippen molar-refractivity contribution in [1.82, 2.24) is 9.80 Å². The van der Waals surface area contributed by atoms with Crippen LogP contribution < -0.4 is 5.73 Å². The van der Waals surface area contributed by atoms with Crippen LogP contribution >= 0.6 is 12.4 Å². The standard InChI is InChI=1S/C13H25N3O.ClH/c1-10-3-5-15(6-4-10)13(17)16-9-12(8-14)7-11(16)2;/h10-12H,3-9,14H2,1-2H3;1H. The largest absolute Gasteiger partial charge is 0.330 e. The summed E-state index contributed by atoms with van der Waals surface area (Å²) < 4.78 is 0. The maximum atomic E-state index is 12.4. The van der Waals surface area contributed by atoms with Crippen LogP contribution in [-0.4, -0.2) is 48.1 Å². The van der Waals surface area contributed by atoms with Gasteiger partial charge in [-0.25, -0.2) is 4.79 Å². The molecule has 2 rings (SSSR count). The van der Waals surface area contributed by atoms with E-state index in [1.807, 2.05) is 9.80 Å². The van der Waals surface area contributed by atoms with Crippen LogP contribution in [0.3, 0.4) is 0 Å². The SMILES string of the molecule is CC1CCN(C(=O)N2CC(CN)CC2C)CC1.Cl. The van der Waals surface area contributed by atoms with E-state index in [2.05, 4.69) is 13.8 Å². The lowest BCUT2D eigenvalue weighted by Crippen LogP contribution is -2.47. The Bertz CT molecular complexity index is 279. The smallest absolute Gasteiger partial charge is 0.320 e. The van der Waals surface area contributed by atoms with E-state index < -0.39 is 0 Å². The predicted octanol–water partition coefficient (Wildman–Crippen LogP) is 1.93. The molecule has 2 aliphatic heterocycles. The van der Waals surface area contributed by atoms with E-state index in [0.29, 0.717) is 18.5 Å². The molecule has 2 amide bonds. The highest BCUT2D eigenvalue weighted by Gasteiger charge is 2.34. The molecule has 106 valence electrons. The van der Waals surface area contributed by atoms with E-state index in [1.54, 1.807) is 0 Å². The summed E-state index contributed by atoms with van der Waals surface area (Å²) in [4.78, 5) is 16.4. The number of nitrogens with two attached hydrogens (primary N) is 1. The molecule has 5 heteroatoms. The van der Waals surface area contributed by atoms with Crippen LogP contribution in [0.4, 0.5) is 4.79 Å². The van der Waals surface area contributed by atoms with Crippen LogP contribution in [0, 0.1) is 11.8 Å². The predicted molar refractivity (Wildman–Crippen MR) is 75.9 cm³/mol. The van der Waals surface area contributed by atoms with Crippen molar-refractivity contribution in [2.24, 2.45) is 17.6 Å². The van der Waals surface area contributed by atoms with Gasteiger partial charge >= 0.3 is 6.03 Å². The Morgan fingerprint density at radius 1 is 1.28 bits per heavy atom. The molecular weight excluding hydrogens is 250 g/mol. The van der Waals surface area contributed by atoms with E-state index in [1.165, 1.54) is 0 Å². The number of nitrogens with zero attached hydrogens (tertiary/aromatic N) is 2. The minimum atomic E-state index is 0. The first-order valence-corrected chi connectivity index (χ1v) is 6.87. The molecule has 2 N–H and O–H groups in total. The third-order valence-electron chi connectivity index (χ3n) is 4.29. The Morgan fingerprint density at radius 2 is 1.89 bits per heavy atom. The minimum Gasteiger partial charge on any atom is -0.330 e. The Labute approximate surface area is 116 Å². The maximum absolute atomic E-state index is 12.4. The summed E-state index contributed by atoms with van der Waals surface area (Å²) in [5, 5.41) is 0. The van der Waals surface area contributed by atoms with E-state index in [4.69, 9.17) is 5.73 Å². The van der Waals surface area contributed by atoms with Gasteiger partial charge < -0.3 is 15.5 Å². The lowest BCUT2D eigenvalue weighted by atomic mass is 9.99. The summed E-state index contributed by atoms with van der Waals surface area (Å²) >= 11 is 0. The average Bonchev–Trinajstić information content (AvgIpc) is 2.71. The number of hydrogen-bond acceptors (Lipinski definition) is 2. The van der Waals surface area contributed by atoms with Crippen LogP contribution in [0.2, 0.25) is 0 Å². The number of rotatable bonds is 1. The third-order valence-corrected chi connectivity index (χ3v) is 4.29. The van der Waals surface area contributed by atoms with Crippen LogP contribution in [0.15, 0.2) is 0 Å². The minimum absolute atomic E-state index is 0. The normalized spacial score (nSPS) is 29.3. The van der Waals surface area contributed by atoms with Crippen molar-refractivity contribution in [3.8, 4) is 0 Å². The highest BCUT2D eigenvalue weighted by molar-refractivity contribution is 5.85. The van der Waals surface area contributed by atoms with Gasteiger partial charge in [-0.2, -0.15) is 0 Å². The Morgan fingerprint density at radius 3 is 2.39 bits per heavy atom. The van der Waals surface area contributed by atoms with Crippen molar-refractivity contribution in [3.05, 3.63) is 0 Å². The summed E-state index contributed by atoms with van der Waals surface area (Å²) in [6.45, 7) is 7.81. The Balaban J connectivity index is 0.00000162. The Hall–Kier alpha value is -0.480. The number of likely N-dealkylation sites (tertiary alicyclic amines) is 2. The topological polar surface area (TPSA) is 49.6 Å². The van der Waals surface area contributed by atoms with E-state index in [-0.39, 0.29) is 18.4 Å². The van der Waals surface area contributed by atoms with Crippen molar-refractivity contribution in [3.63, 3.8) is 0 Å². The van der Waals surface area contributed by atoms with Gasteiger partial charge in [0.25, 0.3) is 0 Å². The number of urea groups is 1. The van der Waals surface area contributed by atoms with E-state index in [9.17, 15) is 4.79 Å². The first kappa shape index (κ1) is 15.6. The van der Waals surface area contributed by atoms with Gasteiger partial charge in [-0.3, -0.25) is 0 Å². The summed E-state index contributed by atoms with van der Waals surface area (Å²) in [6, 6.07) is 0.593. The number of hydrogen-bond donors (Lipinski definition) is 1. The number of carbonyl (C=O) groups is 1. The average molecular weight is 276 g/mol. The van der Waals surface area contributed by atoms with E-state index >= 15 is 0 Å². The molecule has 2 saturated heterocycles. The highest BCUT2D eigenvalue weighted by Crippen LogP contribution is 2.25. The summed E-state index contributed by atoms with van der Waals surface area (Å²) in [7, 11) is 0. The van der Waals surface area contributed by atoms with Gasteiger partial charge in [0, 0.05) is 25.7 Å². The van der Waals surface area contributed by atoms with Crippen molar-refractivity contribution < 1.29 is 4.79 Å². The van der Waals surface area contributed by atoms with Crippen molar-refractivity contribution in [1.29, 1.82) is 0 Å². The van der Waals surface area contributed by atoms with Gasteiger partial charge in [0.15, 0.2) is 0 Å². The zero-order valence-electron chi connectivity index (χ0n) is 11.5. The molecule has 0 saturated carbocycles. The number of amides is 2. The lowest BCUT2D eigenvalue weighted by molar-refractivity contribution is 0.132. The molecule has 2 atom stereocenters. The molecule has 0 bridgehead atoms. The number of halogens is 1. The van der Waals surface area contributed by atoms with Gasteiger partial charge in [0.1, 0.15) is 0 Å². The fourth-order valence-electron chi connectivity index (χ4n) is 2.96. The quantitative estimate of drug-likeness (QED) is 0.795. The van der Waals surface area contributed by atoms with Crippen LogP contribution in [0.5, 0.6) is 0 Å². The molecule has 0 aromatic heterocycles. The maximum Gasteiger partial charge on any atom is 0.320 e. The Kier molecular flexibility index (Phi) is 5.73. The fourth-order valence-corrected chi connectivity index (χ4v) is 2.96. The lowest BCUT2D eigenvalue weighted by Gasteiger charge is -2.35. The first-order valence-electron chi connectivity index (χ1n) is 6.87. The van der Waals surface area contributed by atoms with Gasteiger partial charge in [-0.15, -0.1) is 12.4 Å². The molecule has 18 heavy (non-hydrogen) atoms. The van der Waals surface area contributed by atoms with Crippen LogP contribution in [0.1, 0.15) is 33.1 Å². The second kappa shape index (κ2) is 6.62. The second-order valence-corrected chi connectivity index (χ2v) is 5.79. The van der Waals surface area contributed by atoms with Gasteiger partial charge in [-0.05, 0) is 44.6 Å². The second-order valence-electron chi connectivity index (χ2n) is 5.79. The molecule has 4 nitrogen and oxygen atoms in total. The van der Waals surface area contributed by atoms with Crippen molar-refractivity contribution in [2.75, 3.05) is 26.2 Å². The number of carbonyl (C=O) groups excluding carboxylic acids is 1. The summed E-state index contributed by atoms with van der Waals surface area (Å²) in [5.41, 5.74) is 5.70. The molecule has 2 heterocycles. The molecular formula is C13H26ClN3O. The molecule has 2 fully saturated rings. The van der Waals surface area contributed by atoms with Crippen molar-refractivity contribution in [2.45, 2.75) is 39.2 Å². The zero-order valence-corrected chi connectivity index (χ0v) is 12.3. The monoisotopic (exact) mass is 275 g/mol. The van der Waals surface area contributed by atoms with Crippen LogP contribution in [0.25, 0.3) is 0 Å². The highest BCUT2D eigenvalue weighted by atomic mass is 35.5. The molecule has 0 radical (unpaired) electrons. The van der Waals surface area contributed by atoms with Crippen molar-refractivity contribution >= 4 is 18.4 Å². The molecule has 0 aromatic carbocycles. The molecule has 0 aromatic rings. The molecule has 0 spiro atoms. The van der Waals surface area contributed by atoms with Gasteiger partial charge in [-0.1, -0.05) is 6.92 Å². The summed E-state index contributed by atoms with van der Waals surface area (Å²) in [6.07, 6.45) is 3.36.